The molecular weight excluding hydrogens is 234 g/mol. The maximum atomic E-state index is 10.1. The van der Waals surface area contributed by atoms with Gasteiger partial charge in [-0.1, -0.05) is 0 Å². The second-order valence-electron chi connectivity index (χ2n) is 3.74. The zero-order valence-electron chi connectivity index (χ0n) is 9.50. The molecule has 7 N–H and O–H groups in total. The zero-order chi connectivity index (χ0) is 13.5. The lowest BCUT2D eigenvalue weighted by molar-refractivity contribution is -0.140. The topological polar surface area (TPSA) is 155 Å². The molecule has 9 heteroatoms. The summed E-state index contributed by atoms with van der Waals surface area (Å²) in [4.78, 5) is 11.5. The fourth-order valence-corrected chi connectivity index (χ4v) is 0.633. The molecule has 9 nitrogen and oxygen atoms in total. The van der Waals surface area contributed by atoms with E-state index in [2.05, 4.69) is 10.4 Å². The Morgan fingerprint density at radius 2 is 1.47 bits per heavy atom. The van der Waals surface area contributed by atoms with Crippen LogP contribution >= 0.6 is 0 Å². The molecule has 1 aromatic rings. The van der Waals surface area contributed by atoms with E-state index in [4.69, 9.17) is 25.5 Å². The van der Waals surface area contributed by atoms with E-state index < -0.39 is 43.9 Å². The van der Waals surface area contributed by atoms with Crippen LogP contribution in [0.25, 0.3) is 0 Å². The van der Waals surface area contributed by atoms with Crippen molar-refractivity contribution in [1.82, 2.24) is 15.2 Å². The summed E-state index contributed by atoms with van der Waals surface area (Å²) in [5.74, 6) is -0.845. The number of hydrogen-bond acceptors (Lipinski definition) is 5. The standard InChI is InChI=1S/C5H12O4.C3H7N3O2/c6-1-5(2-7,3-8)4-9;1-2(3(7)8)6-4-5-6/h6-9H,1-4H2;2,4-5H,1H3,(H,7,8). The van der Waals surface area contributed by atoms with Crippen molar-refractivity contribution in [2.24, 2.45) is 5.41 Å². The fraction of sp³-hybridized carbons (Fsp3) is 0.875. The van der Waals surface area contributed by atoms with Crippen molar-refractivity contribution < 1.29 is 30.3 Å². The Kier molecular flexibility index (Phi) is 6.58. The van der Waals surface area contributed by atoms with Gasteiger partial charge in [-0.2, -0.15) is 4.80 Å². The second kappa shape index (κ2) is 7.12. The van der Waals surface area contributed by atoms with Crippen LogP contribution < -0.4 is 0 Å². The molecular formula is C8H19N3O6. The number of aromatic nitrogens is 3. The van der Waals surface area contributed by atoms with Crippen LogP contribution in [0.3, 0.4) is 0 Å². The number of nitrogens with one attached hydrogen (secondary N) is 2. The Bertz CT molecular complexity index is 274. The number of carboxylic acids is 1. The van der Waals surface area contributed by atoms with Crippen molar-refractivity contribution in [1.29, 1.82) is 0 Å². The molecule has 1 heterocycles. The molecule has 0 saturated heterocycles. The average Bonchev–Trinajstić information content (AvgIpc) is 3.16. The molecule has 1 atom stereocenters. The summed E-state index contributed by atoms with van der Waals surface area (Å²) >= 11 is 0. The van der Waals surface area contributed by atoms with E-state index >= 15 is 0 Å². The first-order valence-electron chi connectivity index (χ1n) is 4.93. The van der Waals surface area contributed by atoms with Gasteiger partial charge in [-0.05, 0) is 6.92 Å². The summed E-state index contributed by atoms with van der Waals surface area (Å²) in [5, 5.41) is 47.3. The lowest BCUT2D eigenvalue weighted by atomic mass is 9.93. The van der Waals surface area contributed by atoms with E-state index in [1.165, 1.54) is 4.80 Å². The number of aliphatic hydroxyl groups is 4. The minimum atomic E-state index is -1.11. The number of nitrogens with zero attached hydrogens (tertiary/aromatic N) is 1. The van der Waals surface area contributed by atoms with Crippen LogP contribution in [0, 0.1) is 5.41 Å². The van der Waals surface area contributed by atoms with Gasteiger partial charge in [0.05, 0.1) is 31.8 Å². The predicted octanol–water partition coefficient (Wildman–Crippen LogP) is -2.27. The average molecular weight is 253 g/mol. The Labute approximate surface area is 97.2 Å². The molecule has 0 fully saturated rings. The van der Waals surface area contributed by atoms with Gasteiger partial charge in [0, 0.05) is 0 Å². The highest BCUT2D eigenvalue weighted by atomic mass is 16.4. The van der Waals surface area contributed by atoms with E-state index in [1.54, 1.807) is 6.92 Å². The van der Waals surface area contributed by atoms with E-state index in [0.717, 1.165) is 0 Å². The SMILES string of the molecule is CC(C(=O)O)n1[nH][nH]1.OCC(CO)(CO)CO. The van der Waals surface area contributed by atoms with Gasteiger partial charge in [-0.25, -0.2) is 15.2 Å². The lowest BCUT2D eigenvalue weighted by Gasteiger charge is -2.23. The van der Waals surface area contributed by atoms with Gasteiger partial charge in [0.25, 0.3) is 0 Å². The predicted molar refractivity (Wildman–Crippen MR) is 56.3 cm³/mol. The molecule has 17 heavy (non-hydrogen) atoms. The van der Waals surface area contributed by atoms with Crippen LogP contribution in [0.2, 0.25) is 0 Å². The van der Waals surface area contributed by atoms with Gasteiger partial charge in [0.2, 0.25) is 0 Å². The van der Waals surface area contributed by atoms with Crippen LogP contribution in [0.4, 0.5) is 0 Å². The normalized spacial score (nSPS) is 13.0. The smallest absolute Gasteiger partial charge is 0.330 e. The molecule has 102 valence electrons. The zero-order valence-corrected chi connectivity index (χ0v) is 9.50. The molecule has 0 bridgehead atoms. The van der Waals surface area contributed by atoms with Gasteiger partial charge < -0.3 is 25.5 Å². The Balaban J connectivity index is 0.000000302. The third-order valence-electron chi connectivity index (χ3n) is 2.33. The number of aliphatic hydroxyl groups excluding tert-OH is 4. The Morgan fingerprint density at radius 3 is 1.53 bits per heavy atom. The minimum absolute atomic E-state index is 0.406. The molecule has 0 aromatic carbocycles. The number of rotatable bonds is 6. The van der Waals surface area contributed by atoms with Crippen LogP contribution in [-0.4, -0.2) is 73.2 Å². The van der Waals surface area contributed by atoms with Gasteiger partial charge in [0.15, 0.2) is 6.04 Å². The summed E-state index contributed by atoms with van der Waals surface area (Å²) in [5.41, 5.74) is -1.11. The summed E-state index contributed by atoms with van der Waals surface area (Å²) in [6.07, 6.45) is 0. The summed E-state index contributed by atoms with van der Waals surface area (Å²) < 4.78 is 0. The molecule has 0 aliphatic heterocycles. The molecule has 0 aliphatic carbocycles. The van der Waals surface area contributed by atoms with Crippen molar-refractivity contribution in [3.05, 3.63) is 0 Å². The third kappa shape index (κ3) is 5.04. The van der Waals surface area contributed by atoms with Crippen molar-refractivity contribution in [3.8, 4) is 0 Å². The largest absolute Gasteiger partial charge is 0.480 e. The lowest BCUT2D eigenvalue weighted by Crippen LogP contribution is -2.37. The molecule has 0 spiro atoms. The quantitative estimate of drug-likeness (QED) is 0.303. The maximum Gasteiger partial charge on any atom is 0.330 e. The number of aromatic amines is 2. The minimum Gasteiger partial charge on any atom is -0.480 e. The highest BCUT2D eigenvalue weighted by Gasteiger charge is 2.26. The van der Waals surface area contributed by atoms with Crippen LogP contribution in [0.15, 0.2) is 0 Å². The molecule has 1 rings (SSSR count). The highest BCUT2D eigenvalue weighted by Crippen LogP contribution is 2.11. The van der Waals surface area contributed by atoms with Gasteiger partial charge in [0.1, 0.15) is 0 Å². The third-order valence-corrected chi connectivity index (χ3v) is 2.33. The summed E-state index contributed by atoms with van der Waals surface area (Å²) in [6, 6.07) is -0.491. The van der Waals surface area contributed by atoms with Crippen LogP contribution in [0.1, 0.15) is 13.0 Å². The Hall–Kier alpha value is -1.29. The summed E-state index contributed by atoms with van der Waals surface area (Å²) in [6.45, 7) is -0.0463. The number of hydrogen-bond donors (Lipinski definition) is 7. The van der Waals surface area contributed by atoms with Crippen molar-refractivity contribution in [2.45, 2.75) is 13.0 Å². The monoisotopic (exact) mass is 253 g/mol. The molecule has 1 unspecified atom stereocenters. The van der Waals surface area contributed by atoms with E-state index in [1.807, 2.05) is 0 Å². The van der Waals surface area contributed by atoms with Crippen molar-refractivity contribution in [2.75, 3.05) is 26.4 Å². The molecule has 0 aliphatic rings. The van der Waals surface area contributed by atoms with Crippen molar-refractivity contribution >= 4 is 5.97 Å². The van der Waals surface area contributed by atoms with Crippen molar-refractivity contribution in [3.63, 3.8) is 0 Å². The highest BCUT2D eigenvalue weighted by molar-refractivity contribution is 5.70. The second-order valence-corrected chi connectivity index (χ2v) is 3.74. The fourth-order valence-electron chi connectivity index (χ4n) is 0.633. The number of carbonyl (C=O) groups is 1. The maximum absolute atomic E-state index is 10.1. The molecule has 0 saturated carbocycles. The summed E-state index contributed by atoms with van der Waals surface area (Å²) in [7, 11) is 0. The van der Waals surface area contributed by atoms with Crippen LogP contribution in [-0.2, 0) is 4.79 Å². The molecule has 1 aromatic heterocycles. The number of H-pyrrole nitrogens is 2. The Morgan fingerprint density at radius 1 is 1.12 bits per heavy atom. The first kappa shape index (κ1) is 15.7. The van der Waals surface area contributed by atoms with E-state index in [-0.39, 0.29) is 0 Å². The number of aliphatic carboxylic acids is 1. The van der Waals surface area contributed by atoms with Gasteiger partial charge >= 0.3 is 5.97 Å². The first-order chi connectivity index (χ1) is 7.96. The molecule has 0 amide bonds. The van der Waals surface area contributed by atoms with Gasteiger partial charge in [-0.15, -0.1) is 0 Å². The molecule has 0 radical (unpaired) electrons. The van der Waals surface area contributed by atoms with Gasteiger partial charge in [-0.3, -0.25) is 0 Å². The number of carboxylic acid groups (broad SMARTS) is 1. The van der Waals surface area contributed by atoms with E-state index in [0.29, 0.717) is 0 Å². The first-order valence-corrected chi connectivity index (χ1v) is 4.93. The van der Waals surface area contributed by atoms with E-state index in [9.17, 15) is 4.79 Å². The van der Waals surface area contributed by atoms with Crippen LogP contribution in [0.5, 0.6) is 0 Å².